The van der Waals surface area contributed by atoms with Gasteiger partial charge < -0.3 is 134 Å². The SMILES string of the molecule is CC[C@H](C)[C@H](NC(=O)[C@H](CO)NC(=O)[C@H](CCCN=C(N)N)NC(=O)[C@H](CO)NC(=O)[C@H](CS)NC(=O)[C@H](CC(C)C)NC(=O)[C@H](CC(=O)O)NC(=O)[C@H](CCCN=C(N)N)NC(=O)[C@H](CCCN=C(N)N)NC(=O)[C@H](Cc1cnc[nH]1)NC(=O)[C@@H]1CCCN1)C(=O)N[C@@H](Cc1c[nH]c2ccccc12)C(=O)N[C@@H](CC(C)C)C(=O)O. The van der Waals surface area contributed by atoms with Crippen molar-refractivity contribution in [1.82, 2.24) is 84.1 Å². The summed E-state index contributed by atoms with van der Waals surface area (Å²) < 4.78 is 0. The second kappa shape index (κ2) is 49.3. The standard InChI is InChI=1S/C71H115N25O18S/c1-7-37(6)55(67(112)91-47(61(106)92-50(68(113)114)25-36(4)5)26-38-29-83-41-15-9-8-14-40(38)41)96-65(110)52(32-98)93-59(104)45(19-13-23-82-71(76)77)87-64(109)51(31-97)94-66(111)53(33-115)95-60(105)46(24-35(2)3)88-63(108)49(28-54(99)100)90-58(103)44(18-12-22-81-70(74)75)85-57(102)43(17-11-21-80-69(72)73)86-62(107)48(27-39-30-78-34-84-39)89-56(101)42-16-10-20-79-42/h8-9,14-15,29-30,34-37,42-53,55,79,83,97-98,115H,7,10-13,16-28,31-33H2,1-6H3,(H,78,84)(H,85,102)(H,86,107)(H,87,109)(H,88,108)(H,89,101)(H,90,103)(H,91,112)(H,92,106)(H,93,104)(H,94,111)(H,95,105)(H,96,110)(H,99,100)(H,113,114)(H4,72,73,80)(H4,74,75,81)(H4,76,77,82)/t37-,42-,43-,44-,45-,46-,47-,48-,49-,50-,51-,52-,53-,55-/m0/s1. The van der Waals surface area contributed by atoms with Gasteiger partial charge in [-0.05, 0) is 100 Å². The minimum Gasteiger partial charge on any atom is -0.481 e. The molecule has 0 spiro atoms. The third-order valence-corrected chi connectivity index (χ3v) is 18.7. The number of fused-ring (bicyclic) bond motifs is 1. The molecular formula is C71H115N25O18S. The van der Waals surface area contributed by atoms with E-state index in [9.17, 15) is 87.5 Å². The number of amides is 12. The maximum atomic E-state index is 14.5. The molecule has 0 saturated carbocycles. The van der Waals surface area contributed by atoms with E-state index in [1.807, 2.05) is 0 Å². The number of aliphatic hydroxyl groups excluding tert-OH is 2. The number of aliphatic hydroxyl groups is 2. The fourth-order valence-electron chi connectivity index (χ4n) is 12.1. The van der Waals surface area contributed by atoms with Crippen LogP contribution in [0.2, 0.25) is 0 Å². The van der Waals surface area contributed by atoms with Gasteiger partial charge in [-0.3, -0.25) is 77.3 Å². The first kappa shape index (κ1) is 96.0. The maximum absolute atomic E-state index is 14.5. The number of carboxylic acid groups (broad SMARTS) is 2. The average molecular weight is 1640 g/mol. The fourth-order valence-corrected chi connectivity index (χ4v) is 12.3. The quantitative estimate of drug-likeness (QED) is 0.0108. The molecule has 1 saturated heterocycles. The summed E-state index contributed by atoms with van der Waals surface area (Å²) in [6.07, 6.45) is 3.75. The second-order valence-corrected chi connectivity index (χ2v) is 29.0. The molecule has 31 N–H and O–H groups in total. The zero-order valence-corrected chi connectivity index (χ0v) is 66.2. The number of hydrogen-bond donors (Lipinski definition) is 26. The Kier molecular flexibility index (Phi) is 41.1. The van der Waals surface area contributed by atoms with E-state index in [4.69, 9.17) is 34.4 Å². The van der Waals surface area contributed by atoms with Gasteiger partial charge in [-0.25, -0.2) is 9.78 Å². The van der Waals surface area contributed by atoms with Crippen molar-refractivity contribution < 1.29 is 87.5 Å². The van der Waals surface area contributed by atoms with E-state index in [1.165, 1.54) is 12.5 Å². The number of aromatic nitrogens is 3. The summed E-state index contributed by atoms with van der Waals surface area (Å²) in [7, 11) is 0. The zero-order valence-electron chi connectivity index (χ0n) is 65.3. The molecule has 1 aliphatic rings. The van der Waals surface area contributed by atoms with Crippen molar-refractivity contribution in [2.75, 3.05) is 45.1 Å². The van der Waals surface area contributed by atoms with E-state index < -0.39 is 199 Å². The Balaban J connectivity index is 1.54. The highest BCUT2D eigenvalue weighted by atomic mass is 32.1. The van der Waals surface area contributed by atoms with Crippen molar-refractivity contribution in [3.05, 3.63) is 54.2 Å². The van der Waals surface area contributed by atoms with Crippen LogP contribution in [-0.4, -0.2) is 260 Å². The number of carbonyl (C=O) groups is 14. The minimum absolute atomic E-state index is 0.0114. The van der Waals surface area contributed by atoms with E-state index in [1.54, 1.807) is 72.0 Å². The van der Waals surface area contributed by atoms with Gasteiger partial charge in [0.25, 0.3) is 0 Å². The number of guanidine groups is 3. The number of rotatable bonds is 52. The van der Waals surface area contributed by atoms with Crippen LogP contribution in [0.5, 0.6) is 0 Å². The maximum Gasteiger partial charge on any atom is 0.326 e. The molecule has 0 unspecified atom stereocenters. The first-order valence-electron chi connectivity index (χ1n) is 37.8. The summed E-state index contributed by atoms with van der Waals surface area (Å²) in [4.78, 5) is 217. The first-order chi connectivity index (χ1) is 54.5. The summed E-state index contributed by atoms with van der Waals surface area (Å²) in [5.41, 5.74) is 35.0. The van der Waals surface area contributed by atoms with Crippen LogP contribution >= 0.6 is 12.6 Å². The highest BCUT2D eigenvalue weighted by Crippen LogP contribution is 2.21. The lowest BCUT2D eigenvalue weighted by molar-refractivity contribution is -0.143. The Hall–Kier alpha value is -11.4. The number of aliphatic carboxylic acids is 2. The smallest absolute Gasteiger partial charge is 0.326 e. The Morgan fingerprint density at radius 1 is 0.513 bits per heavy atom. The van der Waals surface area contributed by atoms with Gasteiger partial charge in [0.05, 0.1) is 32.0 Å². The van der Waals surface area contributed by atoms with Gasteiger partial charge in [-0.2, -0.15) is 12.6 Å². The van der Waals surface area contributed by atoms with Crippen LogP contribution in [0.15, 0.2) is 58.0 Å². The molecule has 1 aromatic carbocycles. The van der Waals surface area contributed by atoms with Crippen molar-refractivity contribution in [2.45, 2.75) is 210 Å². The van der Waals surface area contributed by atoms with Gasteiger partial charge in [0.2, 0.25) is 70.9 Å². The zero-order chi connectivity index (χ0) is 85.6. The molecule has 14 atom stereocenters. The third kappa shape index (κ3) is 33.7. The van der Waals surface area contributed by atoms with Crippen molar-refractivity contribution >= 4 is 124 Å². The topological polar surface area (TPSA) is 714 Å². The molecule has 3 aromatic rings. The monoisotopic (exact) mass is 1640 g/mol. The first-order valence-corrected chi connectivity index (χ1v) is 38.5. The predicted molar refractivity (Wildman–Crippen MR) is 424 cm³/mol. The van der Waals surface area contributed by atoms with E-state index in [2.05, 4.69) is 112 Å². The van der Waals surface area contributed by atoms with Gasteiger partial charge in [0.1, 0.15) is 72.5 Å². The van der Waals surface area contributed by atoms with E-state index in [-0.39, 0.29) is 114 Å². The predicted octanol–water partition coefficient (Wildman–Crippen LogP) is -6.98. The van der Waals surface area contributed by atoms with E-state index >= 15 is 0 Å². The van der Waals surface area contributed by atoms with Crippen LogP contribution in [0.3, 0.4) is 0 Å². The normalized spacial score (nSPS) is 15.9. The van der Waals surface area contributed by atoms with E-state index in [0.29, 0.717) is 41.5 Å². The highest BCUT2D eigenvalue weighted by Gasteiger charge is 2.39. The Morgan fingerprint density at radius 3 is 1.38 bits per heavy atom. The fraction of sp³-hybridized carbons (Fsp3) is 0.606. The number of thiol groups is 1. The molecule has 1 fully saturated rings. The lowest BCUT2D eigenvalue weighted by Crippen LogP contribution is -2.62. The molecule has 4 rings (SSSR count). The molecule has 0 bridgehead atoms. The van der Waals surface area contributed by atoms with Gasteiger partial charge in [-0.15, -0.1) is 0 Å². The molecule has 44 heteroatoms. The largest absolute Gasteiger partial charge is 0.481 e. The molecule has 0 aliphatic carbocycles. The number of H-pyrrole nitrogens is 2. The molecule has 3 heterocycles. The van der Waals surface area contributed by atoms with Crippen LogP contribution in [0.25, 0.3) is 10.9 Å². The number of para-hydroxylation sites is 1. The number of imidazole rings is 1. The number of nitrogens with zero attached hydrogens (tertiary/aromatic N) is 4. The Morgan fingerprint density at radius 2 is 0.930 bits per heavy atom. The van der Waals surface area contributed by atoms with E-state index in [0.717, 1.165) is 0 Å². The molecular weight excluding hydrogens is 1520 g/mol. The van der Waals surface area contributed by atoms with Gasteiger partial charge in [-0.1, -0.05) is 66.2 Å². The summed E-state index contributed by atoms with van der Waals surface area (Å²) in [6, 6.07) is -12.7. The number of aliphatic imine (C=N–C) groups is 3. The lowest BCUT2D eigenvalue weighted by atomic mass is 9.96. The van der Waals surface area contributed by atoms with Gasteiger partial charge >= 0.3 is 11.9 Å². The number of nitrogens with two attached hydrogens (primary N) is 6. The number of benzene rings is 1. The number of nitrogens with one attached hydrogen (secondary N) is 15. The molecule has 2 aromatic heterocycles. The summed E-state index contributed by atoms with van der Waals surface area (Å²) >= 11 is 4.23. The number of aromatic amines is 2. The molecule has 1 aliphatic heterocycles. The third-order valence-electron chi connectivity index (χ3n) is 18.4. The van der Waals surface area contributed by atoms with Crippen LogP contribution < -0.4 is 104 Å². The van der Waals surface area contributed by atoms with Crippen molar-refractivity contribution in [2.24, 2.45) is 67.1 Å². The van der Waals surface area contributed by atoms with Crippen LogP contribution in [0, 0.1) is 17.8 Å². The second-order valence-electron chi connectivity index (χ2n) is 28.6. The van der Waals surface area contributed by atoms with Crippen molar-refractivity contribution in [1.29, 1.82) is 0 Å². The summed E-state index contributed by atoms with van der Waals surface area (Å²) in [5, 5.41) is 75.0. The molecule has 43 nitrogen and oxygen atoms in total. The number of hydrogen-bond acceptors (Lipinski definition) is 22. The van der Waals surface area contributed by atoms with Crippen molar-refractivity contribution in [3.8, 4) is 0 Å². The number of carbonyl (C=O) groups excluding carboxylic acids is 12. The van der Waals surface area contributed by atoms with Gasteiger partial charge in [0, 0.05) is 67.2 Å². The summed E-state index contributed by atoms with van der Waals surface area (Å²) in [5.74, 6) is -17.6. The molecule has 0 radical (unpaired) electrons. The van der Waals surface area contributed by atoms with Crippen LogP contribution in [0.1, 0.15) is 130 Å². The Bertz CT molecular complexity index is 3840. The van der Waals surface area contributed by atoms with Crippen LogP contribution in [0.4, 0.5) is 0 Å². The molecule has 115 heavy (non-hydrogen) atoms. The van der Waals surface area contributed by atoms with Crippen LogP contribution in [-0.2, 0) is 80.0 Å². The average Bonchev–Trinajstić information content (AvgIpc) is 1.56. The summed E-state index contributed by atoms with van der Waals surface area (Å²) in [6.45, 7) is 8.25. The lowest BCUT2D eigenvalue weighted by Gasteiger charge is -2.29. The number of carboxylic acids is 2. The molecule has 12 amide bonds. The highest BCUT2D eigenvalue weighted by molar-refractivity contribution is 7.80. The van der Waals surface area contributed by atoms with Gasteiger partial charge in [0.15, 0.2) is 17.9 Å². The Labute approximate surface area is 669 Å². The molecule has 638 valence electrons. The minimum atomic E-state index is -1.99. The van der Waals surface area contributed by atoms with Crippen molar-refractivity contribution in [3.63, 3.8) is 0 Å².